The van der Waals surface area contributed by atoms with Crippen molar-refractivity contribution in [3.8, 4) is 0 Å². The van der Waals surface area contributed by atoms with Gasteiger partial charge in [-0.05, 0) is 29.0 Å². The molecule has 0 fully saturated rings. The molecule has 0 aliphatic rings. The second kappa shape index (κ2) is 5.82. The number of benzene rings is 1. The molecule has 0 aliphatic carbocycles. The van der Waals surface area contributed by atoms with E-state index >= 15 is 0 Å². The first-order valence-electron chi connectivity index (χ1n) is 7.17. The van der Waals surface area contributed by atoms with E-state index in [0.717, 1.165) is 11.1 Å². The van der Waals surface area contributed by atoms with E-state index in [2.05, 4.69) is 38.0 Å². The number of aryl methyl sites for hydroxylation is 1. The van der Waals surface area contributed by atoms with E-state index in [1.807, 2.05) is 19.1 Å². The number of nitrogens with two attached hydrogens (primary N) is 1. The molecule has 1 unspecified atom stereocenters. The Hall–Kier alpha value is -1.94. The lowest BCUT2D eigenvalue weighted by Crippen LogP contribution is -2.28. The van der Waals surface area contributed by atoms with Crippen LogP contribution in [0.3, 0.4) is 0 Å². The Kier molecular flexibility index (Phi) is 4.28. The van der Waals surface area contributed by atoms with Gasteiger partial charge in [-0.1, -0.05) is 45.0 Å². The lowest BCUT2D eigenvalue weighted by molar-refractivity contribution is 0.502. The van der Waals surface area contributed by atoms with Crippen molar-refractivity contribution in [2.45, 2.75) is 45.7 Å². The molecule has 4 heteroatoms. The SMILES string of the molecule is Cc1cnn(CC(N)c2ccc(C(C)(C)C)cc2)c(=O)c1. The van der Waals surface area contributed by atoms with Gasteiger partial charge in [0.05, 0.1) is 12.7 Å². The minimum absolute atomic E-state index is 0.114. The zero-order valence-electron chi connectivity index (χ0n) is 13.1. The molecule has 2 N–H and O–H groups in total. The minimum atomic E-state index is -0.244. The topological polar surface area (TPSA) is 60.9 Å². The monoisotopic (exact) mass is 285 g/mol. The fraction of sp³-hybridized carbons (Fsp3) is 0.412. The molecule has 2 aromatic rings. The van der Waals surface area contributed by atoms with E-state index in [-0.39, 0.29) is 17.0 Å². The maximum atomic E-state index is 11.8. The standard InChI is InChI=1S/C17H23N3O/c1-12-9-16(21)20(19-10-12)11-15(18)13-5-7-14(8-6-13)17(2,3)4/h5-10,15H,11,18H2,1-4H3. The summed E-state index contributed by atoms with van der Waals surface area (Å²) < 4.78 is 1.41. The van der Waals surface area contributed by atoms with Crippen LogP contribution in [-0.4, -0.2) is 9.78 Å². The summed E-state index contributed by atoms with van der Waals surface area (Å²) >= 11 is 0. The zero-order chi connectivity index (χ0) is 15.6. The minimum Gasteiger partial charge on any atom is -0.322 e. The summed E-state index contributed by atoms with van der Waals surface area (Å²) in [5.41, 5.74) is 9.34. The first-order chi connectivity index (χ1) is 9.77. The predicted octanol–water partition coefficient (Wildman–Crippen LogP) is 2.55. The summed E-state index contributed by atoms with van der Waals surface area (Å²) in [5.74, 6) is 0. The van der Waals surface area contributed by atoms with Crippen LogP contribution in [0.25, 0.3) is 0 Å². The van der Waals surface area contributed by atoms with Crippen LogP contribution in [-0.2, 0) is 12.0 Å². The molecule has 0 spiro atoms. The van der Waals surface area contributed by atoms with Crippen LogP contribution in [0.5, 0.6) is 0 Å². The van der Waals surface area contributed by atoms with Gasteiger partial charge in [0.2, 0.25) is 0 Å². The van der Waals surface area contributed by atoms with Crippen molar-refractivity contribution in [3.05, 3.63) is 63.6 Å². The Morgan fingerprint density at radius 1 is 1.24 bits per heavy atom. The number of rotatable bonds is 3. The highest BCUT2D eigenvalue weighted by molar-refractivity contribution is 5.29. The molecular weight excluding hydrogens is 262 g/mol. The molecule has 0 aliphatic heterocycles. The molecule has 2 rings (SSSR count). The van der Waals surface area contributed by atoms with Gasteiger partial charge < -0.3 is 5.73 Å². The highest BCUT2D eigenvalue weighted by Crippen LogP contribution is 2.23. The highest BCUT2D eigenvalue weighted by Gasteiger charge is 2.14. The lowest BCUT2D eigenvalue weighted by atomic mass is 9.86. The normalized spacial score (nSPS) is 13.2. The maximum absolute atomic E-state index is 11.8. The van der Waals surface area contributed by atoms with Crippen molar-refractivity contribution in [2.24, 2.45) is 5.73 Å². The van der Waals surface area contributed by atoms with Crippen molar-refractivity contribution in [1.29, 1.82) is 0 Å². The molecule has 112 valence electrons. The van der Waals surface area contributed by atoms with Crippen molar-refractivity contribution in [2.75, 3.05) is 0 Å². The molecule has 0 radical (unpaired) electrons. The molecule has 21 heavy (non-hydrogen) atoms. The molecule has 1 heterocycles. The van der Waals surface area contributed by atoms with Gasteiger partial charge >= 0.3 is 0 Å². The number of hydrogen-bond acceptors (Lipinski definition) is 3. The van der Waals surface area contributed by atoms with E-state index in [1.165, 1.54) is 10.2 Å². The molecule has 4 nitrogen and oxygen atoms in total. The van der Waals surface area contributed by atoms with E-state index < -0.39 is 0 Å². The summed E-state index contributed by atoms with van der Waals surface area (Å²) in [4.78, 5) is 11.8. The van der Waals surface area contributed by atoms with Gasteiger partial charge in [0.25, 0.3) is 5.56 Å². The zero-order valence-corrected chi connectivity index (χ0v) is 13.1. The van der Waals surface area contributed by atoms with Crippen LogP contribution in [0.15, 0.2) is 41.3 Å². The Morgan fingerprint density at radius 2 is 1.86 bits per heavy atom. The van der Waals surface area contributed by atoms with Crippen LogP contribution in [0.2, 0.25) is 0 Å². The average Bonchev–Trinajstić information content (AvgIpc) is 2.41. The molecule has 1 atom stereocenters. The van der Waals surface area contributed by atoms with Crippen LogP contribution in [0.4, 0.5) is 0 Å². The fourth-order valence-corrected chi connectivity index (χ4v) is 2.18. The summed E-state index contributed by atoms with van der Waals surface area (Å²) in [6.45, 7) is 8.77. The van der Waals surface area contributed by atoms with Gasteiger partial charge in [-0.2, -0.15) is 5.10 Å². The van der Waals surface area contributed by atoms with Gasteiger partial charge in [-0.25, -0.2) is 4.68 Å². The summed E-state index contributed by atoms with van der Waals surface area (Å²) in [6, 6.07) is 9.59. The van der Waals surface area contributed by atoms with E-state index in [1.54, 1.807) is 12.3 Å². The Bertz CT molecular complexity index is 666. The fourth-order valence-electron chi connectivity index (χ4n) is 2.18. The second-order valence-corrected chi connectivity index (χ2v) is 6.53. The average molecular weight is 285 g/mol. The van der Waals surface area contributed by atoms with Crippen LogP contribution in [0, 0.1) is 6.92 Å². The van der Waals surface area contributed by atoms with E-state index in [4.69, 9.17) is 5.73 Å². The third kappa shape index (κ3) is 3.79. The van der Waals surface area contributed by atoms with Crippen LogP contribution >= 0.6 is 0 Å². The Labute approximate surface area is 125 Å². The van der Waals surface area contributed by atoms with Crippen LogP contribution in [0.1, 0.15) is 43.5 Å². The molecule has 1 aromatic carbocycles. The van der Waals surface area contributed by atoms with Gasteiger partial charge in [0, 0.05) is 12.1 Å². The largest absolute Gasteiger partial charge is 0.322 e. The Morgan fingerprint density at radius 3 is 2.38 bits per heavy atom. The number of hydrogen-bond donors (Lipinski definition) is 1. The first kappa shape index (κ1) is 15.4. The number of aromatic nitrogens is 2. The molecule has 0 bridgehead atoms. The lowest BCUT2D eigenvalue weighted by Gasteiger charge is -2.20. The van der Waals surface area contributed by atoms with Gasteiger partial charge in [0.15, 0.2) is 0 Å². The second-order valence-electron chi connectivity index (χ2n) is 6.53. The third-order valence-corrected chi connectivity index (χ3v) is 3.58. The van der Waals surface area contributed by atoms with Gasteiger partial charge in [0.1, 0.15) is 0 Å². The molecule has 0 amide bonds. The Balaban J connectivity index is 2.17. The molecule has 0 saturated carbocycles. The third-order valence-electron chi connectivity index (χ3n) is 3.58. The quantitative estimate of drug-likeness (QED) is 0.942. The molecule has 1 aromatic heterocycles. The smallest absolute Gasteiger partial charge is 0.267 e. The van der Waals surface area contributed by atoms with Crippen molar-refractivity contribution >= 4 is 0 Å². The van der Waals surface area contributed by atoms with Crippen molar-refractivity contribution in [1.82, 2.24) is 9.78 Å². The van der Waals surface area contributed by atoms with Crippen LogP contribution < -0.4 is 11.3 Å². The number of nitrogens with zero attached hydrogens (tertiary/aromatic N) is 2. The van der Waals surface area contributed by atoms with Crippen molar-refractivity contribution < 1.29 is 0 Å². The van der Waals surface area contributed by atoms with Crippen molar-refractivity contribution in [3.63, 3.8) is 0 Å². The van der Waals surface area contributed by atoms with E-state index in [0.29, 0.717) is 6.54 Å². The van der Waals surface area contributed by atoms with E-state index in [9.17, 15) is 4.79 Å². The molecular formula is C17H23N3O. The van der Waals surface area contributed by atoms with Gasteiger partial charge in [-0.15, -0.1) is 0 Å². The maximum Gasteiger partial charge on any atom is 0.267 e. The predicted molar refractivity (Wildman–Crippen MR) is 85.3 cm³/mol. The first-order valence-corrected chi connectivity index (χ1v) is 7.17. The summed E-state index contributed by atoms with van der Waals surface area (Å²) in [6.07, 6.45) is 1.68. The van der Waals surface area contributed by atoms with Gasteiger partial charge in [-0.3, -0.25) is 4.79 Å². The highest BCUT2D eigenvalue weighted by atomic mass is 16.1. The summed E-state index contributed by atoms with van der Waals surface area (Å²) in [5, 5.41) is 4.12. The molecule has 0 saturated heterocycles. The summed E-state index contributed by atoms with van der Waals surface area (Å²) in [7, 11) is 0.